The molecule has 9 nitrogen and oxygen atoms in total. The summed E-state index contributed by atoms with van der Waals surface area (Å²) in [6.07, 6.45) is 4.64. The number of carbonyl (C=O) groups excluding carboxylic acids is 1. The van der Waals surface area contributed by atoms with Gasteiger partial charge in [-0.2, -0.15) is 4.31 Å². The Kier molecular flexibility index (Phi) is 6.91. The van der Waals surface area contributed by atoms with Crippen LogP contribution in [0.5, 0.6) is 0 Å². The fourth-order valence-electron chi connectivity index (χ4n) is 2.83. The molecule has 2 heterocycles. The van der Waals surface area contributed by atoms with E-state index >= 15 is 0 Å². The third-order valence-electron chi connectivity index (χ3n) is 4.27. The molecule has 2 aromatic heterocycles. The van der Waals surface area contributed by atoms with Gasteiger partial charge >= 0.3 is 6.01 Å². The summed E-state index contributed by atoms with van der Waals surface area (Å²) in [6.45, 7) is 4.78. The maximum Gasteiger partial charge on any atom is 0.322 e. The second-order valence-electron chi connectivity index (χ2n) is 6.53. The van der Waals surface area contributed by atoms with Crippen molar-refractivity contribution in [1.82, 2.24) is 19.5 Å². The first-order valence-corrected chi connectivity index (χ1v) is 11.0. The third kappa shape index (κ3) is 4.89. The molecule has 0 unspecified atom stereocenters. The van der Waals surface area contributed by atoms with E-state index in [9.17, 15) is 13.2 Å². The molecule has 0 fully saturated rings. The predicted octanol–water partition coefficient (Wildman–Crippen LogP) is 3.19. The quantitative estimate of drug-likeness (QED) is 0.555. The summed E-state index contributed by atoms with van der Waals surface area (Å²) in [5.41, 5.74) is 0.950. The van der Waals surface area contributed by atoms with E-state index in [1.165, 1.54) is 28.6 Å². The molecule has 10 heteroatoms. The molecule has 1 aromatic carbocycles. The lowest BCUT2D eigenvalue weighted by Gasteiger charge is -2.21. The average molecular weight is 430 g/mol. The molecule has 0 atom stereocenters. The van der Waals surface area contributed by atoms with Gasteiger partial charge in [-0.3, -0.25) is 15.1 Å². The number of hydrogen-bond acceptors (Lipinski definition) is 7. The number of hydrogen-bond donors (Lipinski definition) is 1. The molecule has 3 rings (SSSR count). The van der Waals surface area contributed by atoms with Crippen LogP contribution in [-0.4, -0.2) is 46.9 Å². The van der Waals surface area contributed by atoms with Gasteiger partial charge in [0.1, 0.15) is 0 Å². The molecular weight excluding hydrogens is 406 g/mol. The van der Waals surface area contributed by atoms with Crippen LogP contribution in [0.4, 0.5) is 6.01 Å². The summed E-state index contributed by atoms with van der Waals surface area (Å²) in [5.74, 6) is -0.232. The Labute approximate surface area is 175 Å². The number of sulfonamides is 1. The first kappa shape index (κ1) is 21.6. The lowest BCUT2D eigenvalue weighted by Crippen LogP contribution is -2.32. The number of aromatic nitrogens is 3. The standard InChI is InChI=1S/C20H23N5O4S/c1-3-13-25(14-4-2)30(27,28)17-7-5-15(6-8-17)18(26)22-20-24-23-19(29-20)16-9-11-21-12-10-16/h5-12H,3-4,13-14H2,1-2H3,(H,22,24,26). The lowest BCUT2D eigenvalue weighted by molar-refractivity contribution is 0.102. The fourth-order valence-corrected chi connectivity index (χ4v) is 4.46. The molecule has 30 heavy (non-hydrogen) atoms. The van der Waals surface area contributed by atoms with Gasteiger partial charge in [0, 0.05) is 36.6 Å². The minimum absolute atomic E-state index is 0.0550. The number of rotatable bonds is 9. The molecule has 0 bridgehead atoms. The first-order chi connectivity index (χ1) is 14.5. The topological polar surface area (TPSA) is 118 Å². The van der Waals surface area contributed by atoms with E-state index in [4.69, 9.17) is 4.42 Å². The van der Waals surface area contributed by atoms with Crippen molar-refractivity contribution in [2.45, 2.75) is 31.6 Å². The summed E-state index contributed by atoms with van der Waals surface area (Å²) < 4.78 is 32.5. The second kappa shape index (κ2) is 9.59. The summed E-state index contributed by atoms with van der Waals surface area (Å²) in [4.78, 5) is 16.5. The molecule has 158 valence electrons. The summed E-state index contributed by atoms with van der Waals surface area (Å²) >= 11 is 0. The molecule has 1 amide bonds. The van der Waals surface area contributed by atoms with Crippen LogP contribution in [0.25, 0.3) is 11.5 Å². The number of amides is 1. The Morgan fingerprint density at radius 1 is 1.00 bits per heavy atom. The molecular formula is C20H23N5O4S. The number of carbonyl (C=O) groups is 1. The van der Waals surface area contributed by atoms with Crippen molar-refractivity contribution in [3.8, 4) is 11.5 Å². The number of nitrogens with one attached hydrogen (secondary N) is 1. The molecule has 1 N–H and O–H groups in total. The molecule has 0 aliphatic rings. The van der Waals surface area contributed by atoms with Crippen LogP contribution in [0.2, 0.25) is 0 Å². The highest BCUT2D eigenvalue weighted by Crippen LogP contribution is 2.20. The number of pyridine rings is 1. The molecule has 0 aliphatic heterocycles. The van der Waals surface area contributed by atoms with Crippen LogP contribution in [0, 0.1) is 0 Å². The fraction of sp³-hybridized carbons (Fsp3) is 0.300. The van der Waals surface area contributed by atoms with Gasteiger partial charge in [-0.05, 0) is 49.2 Å². The zero-order valence-electron chi connectivity index (χ0n) is 16.8. The lowest BCUT2D eigenvalue weighted by atomic mass is 10.2. The average Bonchev–Trinajstić information content (AvgIpc) is 3.23. The molecule has 0 aliphatic carbocycles. The van der Waals surface area contributed by atoms with Gasteiger partial charge < -0.3 is 4.42 Å². The van der Waals surface area contributed by atoms with Crippen LogP contribution < -0.4 is 5.32 Å². The molecule has 0 saturated heterocycles. The summed E-state index contributed by atoms with van der Waals surface area (Å²) in [5, 5.41) is 10.2. The van der Waals surface area contributed by atoms with Crippen molar-refractivity contribution in [3.63, 3.8) is 0 Å². The Hall–Kier alpha value is -3.11. The van der Waals surface area contributed by atoms with Crippen molar-refractivity contribution in [2.24, 2.45) is 0 Å². The van der Waals surface area contributed by atoms with E-state index in [-0.39, 0.29) is 22.4 Å². The van der Waals surface area contributed by atoms with Crippen LogP contribution >= 0.6 is 0 Å². The predicted molar refractivity (Wildman–Crippen MR) is 111 cm³/mol. The van der Waals surface area contributed by atoms with Crippen LogP contribution in [0.1, 0.15) is 37.0 Å². The van der Waals surface area contributed by atoms with Gasteiger partial charge in [-0.25, -0.2) is 8.42 Å². The summed E-state index contributed by atoms with van der Waals surface area (Å²) in [7, 11) is -3.60. The normalized spacial score (nSPS) is 11.6. The summed E-state index contributed by atoms with van der Waals surface area (Å²) in [6, 6.07) is 9.13. The SMILES string of the molecule is CCCN(CCC)S(=O)(=O)c1ccc(C(=O)Nc2nnc(-c3ccncc3)o2)cc1. The zero-order chi connectivity index (χ0) is 21.6. The van der Waals surface area contributed by atoms with E-state index in [1.807, 2.05) is 13.8 Å². The molecule has 3 aromatic rings. The minimum atomic E-state index is -3.60. The van der Waals surface area contributed by atoms with E-state index < -0.39 is 15.9 Å². The maximum atomic E-state index is 12.8. The Balaban J connectivity index is 1.72. The Morgan fingerprint density at radius 3 is 2.23 bits per heavy atom. The van der Waals surface area contributed by atoms with Crippen molar-refractivity contribution in [3.05, 3.63) is 54.4 Å². The molecule has 0 spiro atoms. The Morgan fingerprint density at radius 2 is 1.63 bits per heavy atom. The van der Waals surface area contributed by atoms with Crippen molar-refractivity contribution >= 4 is 21.9 Å². The first-order valence-electron chi connectivity index (χ1n) is 9.61. The number of nitrogens with zero attached hydrogens (tertiary/aromatic N) is 4. The van der Waals surface area contributed by atoms with Gasteiger partial charge in [-0.1, -0.05) is 18.9 Å². The highest BCUT2D eigenvalue weighted by Gasteiger charge is 2.23. The maximum absolute atomic E-state index is 12.8. The van der Waals surface area contributed by atoms with E-state index in [1.54, 1.807) is 24.5 Å². The van der Waals surface area contributed by atoms with Gasteiger partial charge in [0.2, 0.25) is 15.9 Å². The monoisotopic (exact) mass is 429 g/mol. The minimum Gasteiger partial charge on any atom is -0.403 e. The Bertz CT molecular complexity index is 1080. The zero-order valence-corrected chi connectivity index (χ0v) is 17.6. The van der Waals surface area contributed by atoms with Gasteiger partial charge in [0.15, 0.2) is 0 Å². The van der Waals surface area contributed by atoms with Crippen LogP contribution in [0.3, 0.4) is 0 Å². The van der Waals surface area contributed by atoms with Crippen LogP contribution in [-0.2, 0) is 10.0 Å². The van der Waals surface area contributed by atoms with Gasteiger partial charge in [0.25, 0.3) is 5.91 Å². The largest absolute Gasteiger partial charge is 0.403 e. The molecule has 0 radical (unpaired) electrons. The highest BCUT2D eigenvalue weighted by atomic mass is 32.2. The van der Waals surface area contributed by atoms with E-state index in [0.717, 1.165) is 12.8 Å². The van der Waals surface area contributed by atoms with Crippen molar-refractivity contribution in [1.29, 1.82) is 0 Å². The molecule has 0 saturated carbocycles. The second-order valence-corrected chi connectivity index (χ2v) is 8.47. The van der Waals surface area contributed by atoms with Gasteiger partial charge in [0.05, 0.1) is 4.90 Å². The van der Waals surface area contributed by atoms with Gasteiger partial charge in [-0.15, -0.1) is 5.10 Å². The van der Waals surface area contributed by atoms with Crippen LogP contribution in [0.15, 0.2) is 58.1 Å². The number of anilines is 1. The number of benzene rings is 1. The van der Waals surface area contributed by atoms with E-state index in [0.29, 0.717) is 18.7 Å². The van der Waals surface area contributed by atoms with Crippen molar-refractivity contribution < 1.29 is 17.6 Å². The van der Waals surface area contributed by atoms with Crippen molar-refractivity contribution in [2.75, 3.05) is 18.4 Å². The third-order valence-corrected chi connectivity index (χ3v) is 6.19. The highest BCUT2D eigenvalue weighted by molar-refractivity contribution is 7.89. The smallest absolute Gasteiger partial charge is 0.322 e. The van der Waals surface area contributed by atoms with E-state index in [2.05, 4.69) is 20.5 Å².